The van der Waals surface area contributed by atoms with Gasteiger partial charge in [0.1, 0.15) is 5.75 Å². The van der Waals surface area contributed by atoms with Crippen LogP contribution in [0.1, 0.15) is 43.7 Å². The van der Waals surface area contributed by atoms with Gasteiger partial charge >= 0.3 is 5.97 Å². The number of carboxylic acids is 1. The summed E-state index contributed by atoms with van der Waals surface area (Å²) >= 11 is 0. The molecule has 1 aromatic rings. The molecule has 1 atom stereocenters. The van der Waals surface area contributed by atoms with Crippen LogP contribution in [-0.4, -0.2) is 17.2 Å². The third-order valence-electron chi connectivity index (χ3n) is 3.42. The monoisotopic (exact) mass is 248 g/mol. The van der Waals surface area contributed by atoms with Crippen molar-refractivity contribution in [1.29, 1.82) is 0 Å². The molecule has 0 spiro atoms. The summed E-state index contributed by atoms with van der Waals surface area (Å²) in [5, 5.41) is 9.08. The third kappa shape index (κ3) is 3.03. The van der Waals surface area contributed by atoms with E-state index in [1.165, 1.54) is 24.0 Å². The Morgan fingerprint density at radius 3 is 2.72 bits per heavy atom. The summed E-state index contributed by atoms with van der Waals surface area (Å²) in [6, 6.07) is 5.99. The van der Waals surface area contributed by atoms with E-state index < -0.39 is 12.1 Å². The molecule has 18 heavy (non-hydrogen) atoms. The summed E-state index contributed by atoms with van der Waals surface area (Å²) in [6.07, 6.45) is 5.31. The molecule has 0 aromatic heterocycles. The third-order valence-corrected chi connectivity index (χ3v) is 3.42. The fraction of sp³-hybridized carbons (Fsp3) is 0.533. The molecule has 2 rings (SSSR count). The lowest BCUT2D eigenvalue weighted by Gasteiger charge is -2.19. The van der Waals surface area contributed by atoms with Crippen molar-refractivity contribution in [3.05, 3.63) is 29.3 Å². The molecule has 0 saturated heterocycles. The van der Waals surface area contributed by atoms with Crippen LogP contribution in [0.15, 0.2) is 18.2 Å². The molecule has 0 bridgehead atoms. The van der Waals surface area contributed by atoms with Crippen molar-refractivity contribution in [2.24, 2.45) is 0 Å². The molecule has 1 aliphatic carbocycles. The maximum atomic E-state index is 11.1. The molecule has 0 radical (unpaired) electrons. The van der Waals surface area contributed by atoms with E-state index in [9.17, 15) is 4.79 Å². The van der Waals surface area contributed by atoms with Gasteiger partial charge in [-0.2, -0.15) is 0 Å². The van der Waals surface area contributed by atoms with Gasteiger partial charge in [0.25, 0.3) is 0 Å². The minimum Gasteiger partial charge on any atom is -0.479 e. The Kier molecular flexibility index (Phi) is 4.24. The van der Waals surface area contributed by atoms with E-state index in [1.807, 2.05) is 19.1 Å². The summed E-state index contributed by atoms with van der Waals surface area (Å²) < 4.78 is 5.58. The molecule has 1 N–H and O–H groups in total. The van der Waals surface area contributed by atoms with E-state index in [2.05, 4.69) is 6.07 Å². The molecule has 1 unspecified atom stereocenters. The fourth-order valence-corrected chi connectivity index (χ4v) is 2.44. The van der Waals surface area contributed by atoms with Gasteiger partial charge < -0.3 is 9.84 Å². The summed E-state index contributed by atoms with van der Waals surface area (Å²) in [5.41, 5.74) is 2.70. The van der Waals surface area contributed by atoms with Crippen LogP contribution in [0.5, 0.6) is 5.75 Å². The minimum atomic E-state index is -0.880. The summed E-state index contributed by atoms with van der Waals surface area (Å²) in [7, 11) is 0. The normalized spacial score (nSPS) is 15.8. The van der Waals surface area contributed by atoms with Crippen LogP contribution in [0.4, 0.5) is 0 Å². The second kappa shape index (κ2) is 5.89. The molecule has 98 valence electrons. The van der Waals surface area contributed by atoms with Gasteiger partial charge in [-0.15, -0.1) is 0 Å². The highest BCUT2D eigenvalue weighted by atomic mass is 16.5. The van der Waals surface area contributed by atoms with E-state index >= 15 is 0 Å². The lowest BCUT2D eigenvalue weighted by atomic mass is 9.92. The first-order chi connectivity index (χ1) is 8.70. The van der Waals surface area contributed by atoms with Crippen molar-refractivity contribution >= 4 is 5.97 Å². The van der Waals surface area contributed by atoms with E-state index in [1.54, 1.807) is 0 Å². The smallest absolute Gasteiger partial charge is 0.344 e. The van der Waals surface area contributed by atoms with E-state index in [-0.39, 0.29) is 0 Å². The van der Waals surface area contributed by atoms with Gasteiger partial charge in [0.2, 0.25) is 0 Å². The first-order valence-corrected chi connectivity index (χ1v) is 6.72. The zero-order chi connectivity index (χ0) is 13.0. The number of fused-ring (bicyclic) bond motifs is 1. The van der Waals surface area contributed by atoms with Crippen LogP contribution >= 0.6 is 0 Å². The number of hydrogen-bond donors (Lipinski definition) is 1. The standard InChI is InChI=1S/C15H20O3/c1-2-5-14(15(16)17)18-13-9-8-11-6-3-4-7-12(11)10-13/h8-10,14H,2-7H2,1H3,(H,16,17). The highest BCUT2D eigenvalue weighted by molar-refractivity contribution is 5.72. The van der Waals surface area contributed by atoms with Crippen LogP contribution in [0.25, 0.3) is 0 Å². The first kappa shape index (κ1) is 12.9. The predicted molar refractivity (Wildman–Crippen MR) is 70.0 cm³/mol. The Morgan fingerprint density at radius 1 is 1.33 bits per heavy atom. The molecule has 3 nitrogen and oxygen atoms in total. The lowest BCUT2D eigenvalue weighted by Crippen LogP contribution is -2.26. The minimum absolute atomic E-state index is 0.548. The van der Waals surface area contributed by atoms with Crippen LogP contribution in [0.2, 0.25) is 0 Å². The highest BCUT2D eigenvalue weighted by Crippen LogP contribution is 2.26. The SMILES string of the molecule is CCCC(Oc1ccc2c(c1)CCCC2)C(=O)O. The average molecular weight is 248 g/mol. The molecule has 1 aromatic carbocycles. The number of carboxylic acid groups (broad SMARTS) is 1. The number of ether oxygens (including phenoxy) is 1. The van der Waals surface area contributed by atoms with Gasteiger partial charge in [-0.3, -0.25) is 0 Å². The van der Waals surface area contributed by atoms with Gasteiger partial charge in [-0.25, -0.2) is 4.79 Å². The van der Waals surface area contributed by atoms with Gasteiger partial charge in [0.15, 0.2) is 6.10 Å². The number of rotatable bonds is 5. The zero-order valence-electron chi connectivity index (χ0n) is 10.8. The van der Waals surface area contributed by atoms with Crippen molar-refractivity contribution in [1.82, 2.24) is 0 Å². The largest absolute Gasteiger partial charge is 0.479 e. The molecule has 0 heterocycles. The Balaban J connectivity index is 2.11. The Hall–Kier alpha value is -1.51. The zero-order valence-corrected chi connectivity index (χ0v) is 10.8. The topological polar surface area (TPSA) is 46.5 Å². The Bertz CT molecular complexity index is 426. The molecular weight excluding hydrogens is 228 g/mol. The van der Waals surface area contributed by atoms with Crippen molar-refractivity contribution in [2.45, 2.75) is 51.6 Å². The average Bonchev–Trinajstić information content (AvgIpc) is 2.38. The molecule has 1 aliphatic rings. The summed E-state index contributed by atoms with van der Waals surface area (Å²) in [6.45, 7) is 1.96. The number of aryl methyl sites for hydroxylation is 2. The Labute approximate surface area is 108 Å². The maximum Gasteiger partial charge on any atom is 0.344 e. The molecule has 0 saturated carbocycles. The van der Waals surface area contributed by atoms with Gasteiger partial charge in [-0.05, 0) is 55.4 Å². The Morgan fingerprint density at radius 2 is 2.06 bits per heavy atom. The fourth-order valence-electron chi connectivity index (χ4n) is 2.44. The molecule has 0 aliphatic heterocycles. The van der Waals surface area contributed by atoms with Crippen LogP contribution in [-0.2, 0) is 17.6 Å². The van der Waals surface area contributed by atoms with Crippen molar-refractivity contribution in [3.8, 4) is 5.75 Å². The molecule has 3 heteroatoms. The summed E-state index contributed by atoms with van der Waals surface area (Å²) in [5.74, 6) is -0.189. The lowest BCUT2D eigenvalue weighted by molar-refractivity contribution is -0.145. The van der Waals surface area contributed by atoms with Gasteiger partial charge in [0, 0.05) is 0 Å². The molecule has 0 fully saturated rings. The maximum absolute atomic E-state index is 11.1. The van der Waals surface area contributed by atoms with Gasteiger partial charge in [0.05, 0.1) is 0 Å². The number of hydrogen-bond acceptors (Lipinski definition) is 2. The van der Waals surface area contributed by atoms with Crippen molar-refractivity contribution in [3.63, 3.8) is 0 Å². The molecular formula is C15H20O3. The predicted octanol–water partition coefficient (Wildman–Crippen LogP) is 3.20. The molecule has 0 amide bonds. The van der Waals surface area contributed by atoms with Crippen LogP contribution in [0.3, 0.4) is 0 Å². The second-order valence-electron chi connectivity index (χ2n) is 4.87. The number of carbonyl (C=O) groups is 1. The van der Waals surface area contributed by atoms with Crippen LogP contribution in [0, 0.1) is 0 Å². The number of aliphatic carboxylic acids is 1. The van der Waals surface area contributed by atoms with E-state index in [4.69, 9.17) is 9.84 Å². The van der Waals surface area contributed by atoms with Crippen LogP contribution < -0.4 is 4.74 Å². The second-order valence-corrected chi connectivity index (χ2v) is 4.87. The highest BCUT2D eigenvalue weighted by Gasteiger charge is 2.19. The first-order valence-electron chi connectivity index (χ1n) is 6.72. The van der Waals surface area contributed by atoms with Crippen molar-refractivity contribution in [2.75, 3.05) is 0 Å². The van der Waals surface area contributed by atoms with Gasteiger partial charge in [-0.1, -0.05) is 19.4 Å². The quantitative estimate of drug-likeness (QED) is 0.870. The summed E-state index contributed by atoms with van der Waals surface area (Å²) in [4.78, 5) is 11.1. The van der Waals surface area contributed by atoms with E-state index in [0.29, 0.717) is 12.2 Å². The van der Waals surface area contributed by atoms with Crippen molar-refractivity contribution < 1.29 is 14.6 Å². The number of benzene rings is 1. The van der Waals surface area contributed by atoms with E-state index in [0.717, 1.165) is 19.3 Å².